The molecule has 0 aliphatic rings. The van der Waals surface area contributed by atoms with Gasteiger partial charge in [0.15, 0.2) is 0 Å². The minimum absolute atomic E-state index is 0.0239. The standard InChI is InChI=1S/C14H11F4NO/c15-10-3-1-2-9(6-10)8-20-11-4-5-13(19)12(7-11)14(16,17)18/h1-7H,8,19H2. The summed E-state index contributed by atoms with van der Waals surface area (Å²) >= 11 is 0. The third-order valence-corrected chi connectivity index (χ3v) is 2.62. The van der Waals surface area contributed by atoms with Crippen LogP contribution in [-0.4, -0.2) is 0 Å². The van der Waals surface area contributed by atoms with Crippen molar-refractivity contribution < 1.29 is 22.3 Å². The summed E-state index contributed by atoms with van der Waals surface area (Å²) in [6.07, 6.45) is -4.54. The summed E-state index contributed by atoms with van der Waals surface area (Å²) in [4.78, 5) is 0. The molecular formula is C14H11F4NO. The fourth-order valence-electron chi connectivity index (χ4n) is 1.66. The number of hydrogen-bond acceptors (Lipinski definition) is 2. The number of nitrogen functional groups attached to an aromatic ring is 1. The van der Waals surface area contributed by atoms with Crippen LogP contribution in [0.15, 0.2) is 42.5 Å². The molecule has 2 nitrogen and oxygen atoms in total. The van der Waals surface area contributed by atoms with E-state index in [1.807, 2.05) is 0 Å². The van der Waals surface area contributed by atoms with Gasteiger partial charge in [0.1, 0.15) is 18.2 Å². The molecule has 0 radical (unpaired) electrons. The molecule has 2 aromatic rings. The van der Waals surface area contributed by atoms with Crippen molar-refractivity contribution in [3.8, 4) is 5.75 Å². The molecular weight excluding hydrogens is 274 g/mol. The lowest BCUT2D eigenvalue weighted by Gasteiger charge is -2.12. The normalized spacial score (nSPS) is 11.4. The van der Waals surface area contributed by atoms with Gasteiger partial charge in [-0.1, -0.05) is 12.1 Å². The summed E-state index contributed by atoms with van der Waals surface area (Å²) in [7, 11) is 0. The molecule has 0 aliphatic heterocycles. The maximum Gasteiger partial charge on any atom is 0.418 e. The second-order valence-corrected chi connectivity index (χ2v) is 4.17. The monoisotopic (exact) mass is 285 g/mol. The van der Waals surface area contributed by atoms with Crippen molar-refractivity contribution in [3.05, 3.63) is 59.4 Å². The van der Waals surface area contributed by atoms with Crippen LogP contribution in [-0.2, 0) is 12.8 Å². The molecule has 6 heteroatoms. The zero-order valence-corrected chi connectivity index (χ0v) is 10.2. The van der Waals surface area contributed by atoms with E-state index >= 15 is 0 Å². The van der Waals surface area contributed by atoms with Crippen molar-refractivity contribution in [2.24, 2.45) is 0 Å². The first kappa shape index (κ1) is 14.2. The fraction of sp³-hybridized carbons (Fsp3) is 0.143. The Morgan fingerprint density at radius 1 is 1.05 bits per heavy atom. The van der Waals surface area contributed by atoms with Gasteiger partial charge in [0.2, 0.25) is 0 Å². The Morgan fingerprint density at radius 3 is 2.45 bits per heavy atom. The fourth-order valence-corrected chi connectivity index (χ4v) is 1.66. The van der Waals surface area contributed by atoms with Crippen LogP contribution in [0.1, 0.15) is 11.1 Å². The van der Waals surface area contributed by atoms with E-state index in [2.05, 4.69) is 0 Å². The Bertz CT molecular complexity index is 610. The molecule has 0 bridgehead atoms. The second-order valence-electron chi connectivity index (χ2n) is 4.17. The maximum atomic E-state index is 12.9. The van der Waals surface area contributed by atoms with Crippen LogP contribution in [0.2, 0.25) is 0 Å². The molecule has 0 aliphatic carbocycles. The van der Waals surface area contributed by atoms with Gasteiger partial charge in [-0.2, -0.15) is 13.2 Å². The van der Waals surface area contributed by atoms with E-state index in [4.69, 9.17) is 10.5 Å². The highest BCUT2D eigenvalue weighted by Gasteiger charge is 2.33. The third-order valence-electron chi connectivity index (χ3n) is 2.62. The van der Waals surface area contributed by atoms with Crippen molar-refractivity contribution in [2.75, 3.05) is 5.73 Å². The zero-order chi connectivity index (χ0) is 14.8. The van der Waals surface area contributed by atoms with E-state index in [1.54, 1.807) is 6.07 Å². The van der Waals surface area contributed by atoms with Gasteiger partial charge in [0.05, 0.1) is 5.56 Å². The molecule has 2 rings (SSSR count). The molecule has 0 heterocycles. The summed E-state index contributed by atoms with van der Waals surface area (Å²) in [6, 6.07) is 8.93. The summed E-state index contributed by atoms with van der Waals surface area (Å²) < 4.78 is 56.1. The number of benzene rings is 2. The molecule has 20 heavy (non-hydrogen) atoms. The SMILES string of the molecule is Nc1ccc(OCc2cccc(F)c2)cc1C(F)(F)F. The highest BCUT2D eigenvalue weighted by molar-refractivity contribution is 5.52. The number of hydrogen-bond donors (Lipinski definition) is 1. The van der Waals surface area contributed by atoms with Gasteiger partial charge in [-0.25, -0.2) is 4.39 Å². The topological polar surface area (TPSA) is 35.2 Å². The molecule has 2 aromatic carbocycles. The van der Waals surface area contributed by atoms with Crippen LogP contribution in [0, 0.1) is 5.82 Å². The summed E-state index contributed by atoms with van der Waals surface area (Å²) in [5.41, 5.74) is 4.49. The molecule has 0 unspecified atom stereocenters. The Labute approximate surface area is 112 Å². The van der Waals surface area contributed by atoms with Crippen molar-refractivity contribution in [3.63, 3.8) is 0 Å². The molecule has 0 atom stereocenters. The van der Waals surface area contributed by atoms with Gasteiger partial charge in [0.25, 0.3) is 0 Å². The highest BCUT2D eigenvalue weighted by atomic mass is 19.4. The summed E-state index contributed by atoms with van der Waals surface area (Å²) in [5, 5.41) is 0. The molecule has 0 fully saturated rings. The van der Waals surface area contributed by atoms with Crippen LogP contribution >= 0.6 is 0 Å². The predicted octanol–water partition coefficient (Wildman–Crippen LogP) is 4.01. The minimum Gasteiger partial charge on any atom is -0.489 e. The van der Waals surface area contributed by atoms with Gasteiger partial charge in [0, 0.05) is 5.69 Å². The quantitative estimate of drug-likeness (QED) is 0.683. The van der Waals surface area contributed by atoms with Crippen molar-refractivity contribution in [1.82, 2.24) is 0 Å². The Balaban J connectivity index is 2.14. The molecule has 0 aromatic heterocycles. The zero-order valence-electron chi connectivity index (χ0n) is 10.2. The lowest BCUT2D eigenvalue weighted by molar-refractivity contribution is -0.137. The first-order valence-electron chi connectivity index (χ1n) is 5.70. The Kier molecular flexibility index (Phi) is 3.83. The molecule has 2 N–H and O–H groups in total. The van der Waals surface area contributed by atoms with Crippen molar-refractivity contribution in [1.29, 1.82) is 0 Å². The van der Waals surface area contributed by atoms with E-state index in [9.17, 15) is 17.6 Å². The largest absolute Gasteiger partial charge is 0.489 e. The number of ether oxygens (including phenoxy) is 1. The van der Waals surface area contributed by atoms with Crippen molar-refractivity contribution in [2.45, 2.75) is 12.8 Å². The van der Waals surface area contributed by atoms with Crippen LogP contribution in [0.4, 0.5) is 23.2 Å². The van der Waals surface area contributed by atoms with E-state index in [-0.39, 0.29) is 18.0 Å². The molecule has 0 saturated heterocycles. The Morgan fingerprint density at radius 2 is 1.80 bits per heavy atom. The third kappa shape index (κ3) is 3.40. The minimum atomic E-state index is -4.54. The average molecular weight is 285 g/mol. The molecule has 0 saturated carbocycles. The number of alkyl halides is 3. The predicted molar refractivity (Wildman–Crippen MR) is 66.6 cm³/mol. The molecule has 0 amide bonds. The van der Waals surface area contributed by atoms with Gasteiger partial charge in [-0.15, -0.1) is 0 Å². The van der Waals surface area contributed by atoms with Crippen LogP contribution in [0.5, 0.6) is 5.75 Å². The highest BCUT2D eigenvalue weighted by Crippen LogP contribution is 2.35. The summed E-state index contributed by atoms with van der Waals surface area (Å²) in [5.74, 6) is -0.407. The molecule has 0 spiro atoms. The number of rotatable bonds is 3. The van der Waals surface area contributed by atoms with Gasteiger partial charge >= 0.3 is 6.18 Å². The maximum absolute atomic E-state index is 12.9. The lowest BCUT2D eigenvalue weighted by Crippen LogP contribution is -2.09. The first-order chi connectivity index (χ1) is 9.36. The van der Waals surface area contributed by atoms with E-state index in [1.165, 1.54) is 24.3 Å². The lowest BCUT2D eigenvalue weighted by atomic mass is 10.1. The van der Waals surface area contributed by atoms with Gasteiger partial charge in [-0.05, 0) is 35.9 Å². The van der Waals surface area contributed by atoms with Gasteiger partial charge < -0.3 is 10.5 Å². The Hall–Kier alpha value is -2.24. The summed E-state index contributed by atoms with van der Waals surface area (Å²) in [6.45, 7) is -0.0288. The second kappa shape index (κ2) is 5.40. The average Bonchev–Trinajstić information content (AvgIpc) is 2.36. The molecule has 106 valence electrons. The van der Waals surface area contributed by atoms with Crippen molar-refractivity contribution >= 4 is 5.69 Å². The van der Waals surface area contributed by atoms with Crippen LogP contribution in [0.25, 0.3) is 0 Å². The number of anilines is 1. The van der Waals surface area contributed by atoms with Crippen LogP contribution in [0.3, 0.4) is 0 Å². The van der Waals surface area contributed by atoms with Gasteiger partial charge in [-0.3, -0.25) is 0 Å². The van der Waals surface area contributed by atoms with E-state index < -0.39 is 17.6 Å². The first-order valence-corrected chi connectivity index (χ1v) is 5.70. The van der Waals surface area contributed by atoms with Crippen LogP contribution < -0.4 is 10.5 Å². The number of halogens is 4. The smallest absolute Gasteiger partial charge is 0.418 e. The number of nitrogens with two attached hydrogens (primary N) is 1. The van der Waals surface area contributed by atoms with E-state index in [0.717, 1.165) is 12.1 Å². The van der Waals surface area contributed by atoms with E-state index in [0.29, 0.717) is 5.56 Å².